The summed E-state index contributed by atoms with van der Waals surface area (Å²) in [5, 5.41) is 5.67. The number of halogens is 3. The van der Waals surface area contributed by atoms with E-state index in [0.717, 1.165) is 17.1 Å². The van der Waals surface area contributed by atoms with Gasteiger partial charge in [0.15, 0.2) is 0 Å². The van der Waals surface area contributed by atoms with Gasteiger partial charge in [-0.15, -0.1) is 11.3 Å². The summed E-state index contributed by atoms with van der Waals surface area (Å²) < 4.78 is 66.4. The smallest absolute Gasteiger partial charge is 0.476 e. The van der Waals surface area contributed by atoms with Gasteiger partial charge in [0.05, 0.1) is 22.8 Å². The predicted octanol–water partition coefficient (Wildman–Crippen LogP) is 3.11. The van der Waals surface area contributed by atoms with Crippen molar-refractivity contribution in [2.45, 2.75) is 51.7 Å². The number of pyridine rings is 1. The third-order valence-corrected chi connectivity index (χ3v) is 6.46. The minimum absolute atomic E-state index is 0.0246. The molecule has 2 heterocycles. The molecule has 1 unspecified atom stereocenters. The highest BCUT2D eigenvalue weighted by Crippen LogP contribution is 2.22. The predicted molar refractivity (Wildman–Crippen MR) is 109 cm³/mol. The van der Waals surface area contributed by atoms with Gasteiger partial charge in [-0.25, -0.2) is 23.1 Å². The summed E-state index contributed by atoms with van der Waals surface area (Å²) >= 11 is 1.51. The summed E-state index contributed by atoms with van der Waals surface area (Å²) in [6.45, 7) is 6.26. The monoisotopic (exact) mass is 480 g/mol. The first-order chi connectivity index (χ1) is 14.3. The second-order valence-electron chi connectivity index (χ2n) is 6.83. The van der Waals surface area contributed by atoms with Crippen molar-refractivity contribution in [3.63, 3.8) is 0 Å². The molecule has 0 aliphatic carbocycles. The Morgan fingerprint density at radius 1 is 1.32 bits per heavy atom. The van der Waals surface area contributed by atoms with E-state index in [2.05, 4.69) is 15.3 Å². The van der Waals surface area contributed by atoms with E-state index in [1.165, 1.54) is 35.2 Å². The Morgan fingerprint density at radius 2 is 2.00 bits per heavy atom. The Hall–Kier alpha value is -2.25. The van der Waals surface area contributed by atoms with Gasteiger partial charge in [0.2, 0.25) is 5.88 Å². The molecule has 8 nitrogen and oxygen atoms in total. The molecule has 0 fully saturated rings. The zero-order valence-electron chi connectivity index (χ0n) is 17.3. The maximum atomic E-state index is 12.7. The lowest BCUT2D eigenvalue weighted by atomic mass is 10.1. The second-order valence-corrected chi connectivity index (χ2v) is 9.48. The first-order valence-corrected chi connectivity index (χ1v) is 11.6. The number of alkyl halides is 3. The van der Waals surface area contributed by atoms with E-state index >= 15 is 0 Å². The Kier molecular flexibility index (Phi) is 8.00. The van der Waals surface area contributed by atoms with Crippen LogP contribution in [0.15, 0.2) is 17.6 Å². The van der Waals surface area contributed by atoms with Gasteiger partial charge in [0.25, 0.3) is 5.91 Å². The second kappa shape index (κ2) is 9.92. The van der Waals surface area contributed by atoms with Crippen molar-refractivity contribution in [1.82, 2.24) is 20.0 Å². The number of rotatable bonds is 9. The number of nitrogens with one attached hydrogen (secondary N) is 2. The molecule has 0 aliphatic heterocycles. The van der Waals surface area contributed by atoms with Crippen LogP contribution in [0.1, 0.15) is 53.4 Å². The van der Waals surface area contributed by atoms with Crippen LogP contribution in [-0.2, 0) is 16.4 Å². The van der Waals surface area contributed by atoms with Crippen LogP contribution >= 0.6 is 11.3 Å². The third kappa shape index (κ3) is 6.61. The van der Waals surface area contributed by atoms with Crippen LogP contribution in [0.25, 0.3) is 0 Å². The SMILES string of the molecule is CCc1nc(C(C)NC(=O)c2cc(OC[C@H](C)NS(=O)(=O)C(F)(F)F)ncc2C)cs1. The molecule has 2 aromatic rings. The van der Waals surface area contributed by atoms with Crippen LogP contribution in [0.4, 0.5) is 13.2 Å². The number of ether oxygens (including phenoxy) is 1. The van der Waals surface area contributed by atoms with Crippen molar-refractivity contribution in [3.8, 4) is 5.88 Å². The fraction of sp³-hybridized carbons (Fsp3) is 0.500. The van der Waals surface area contributed by atoms with Gasteiger partial charge in [-0.05, 0) is 32.8 Å². The third-order valence-electron chi connectivity index (χ3n) is 4.13. The number of hydrogen-bond donors (Lipinski definition) is 2. The number of amides is 1. The molecule has 2 aromatic heterocycles. The molecule has 172 valence electrons. The molecule has 2 atom stereocenters. The lowest BCUT2D eigenvalue weighted by Gasteiger charge is -2.17. The highest BCUT2D eigenvalue weighted by molar-refractivity contribution is 7.90. The molecule has 31 heavy (non-hydrogen) atoms. The minimum Gasteiger partial charge on any atom is -0.476 e. The van der Waals surface area contributed by atoms with Crippen LogP contribution < -0.4 is 14.8 Å². The van der Waals surface area contributed by atoms with Gasteiger partial charge in [-0.3, -0.25) is 4.79 Å². The number of thiazole rings is 1. The molecule has 13 heteroatoms. The van der Waals surface area contributed by atoms with Crippen LogP contribution in [-0.4, -0.2) is 42.4 Å². The van der Waals surface area contributed by atoms with Crippen molar-refractivity contribution in [3.05, 3.63) is 39.5 Å². The van der Waals surface area contributed by atoms with Crippen LogP contribution in [0.3, 0.4) is 0 Å². The van der Waals surface area contributed by atoms with Crippen molar-refractivity contribution in [2.75, 3.05) is 6.61 Å². The minimum atomic E-state index is -5.49. The summed E-state index contributed by atoms with van der Waals surface area (Å²) in [4.78, 5) is 21.1. The molecule has 0 bridgehead atoms. The highest BCUT2D eigenvalue weighted by atomic mass is 32.2. The summed E-state index contributed by atoms with van der Waals surface area (Å²) in [5.41, 5.74) is -3.84. The summed E-state index contributed by atoms with van der Waals surface area (Å²) in [6, 6.07) is -0.164. The summed E-state index contributed by atoms with van der Waals surface area (Å²) in [6.07, 6.45) is 2.19. The normalized spacial score (nSPS) is 14.2. The first-order valence-electron chi connectivity index (χ1n) is 9.27. The van der Waals surface area contributed by atoms with E-state index in [9.17, 15) is 26.4 Å². The highest BCUT2D eigenvalue weighted by Gasteiger charge is 2.46. The molecule has 0 saturated carbocycles. The molecule has 0 aromatic carbocycles. The average molecular weight is 481 g/mol. The Morgan fingerprint density at radius 3 is 2.58 bits per heavy atom. The van der Waals surface area contributed by atoms with Crippen LogP contribution in [0.2, 0.25) is 0 Å². The number of aryl methyl sites for hydroxylation is 2. The number of sulfonamides is 1. The lowest BCUT2D eigenvalue weighted by Crippen LogP contribution is -2.43. The van der Waals surface area contributed by atoms with Gasteiger partial charge in [0, 0.05) is 23.2 Å². The summed E-state index contributed by atoms with van der Waals surface area (Å²) in [5.74, 6) is -0.419. The lowest BCUT2D eigenvalue weighted by molar-refractivity contribution is -0.0451. The molecule has 0 spiro atoms. The number of nitrogens with zero attached hydrogens (tertiary/aromatic N) is 2. The largest absolute Gasteiger partial charge is 0.511 e. The number of hydrogen-bond acceptors (Lipinski definition) is 7. The van der Waals surface area contributed by atoms with E-state index in [-0.39, 0.29) is 17.5 Å². The molecule has 0 radical (unpaired) electrons. The van der Waals surface area contributed by atoms with E-state index in [1.807, 2.05) is 12.3 Å². The van der Waals surface area contributed by atoms with E-state index < -0.39 is 34.1 Å². The molecule has 1 amide bonds. The van der Waals surface area contributed by atoms with Gasteiger partial charge in [-0.2, -0.15) is 13.2 Å². The zero-order chi connectivity index (χ0) is 23.4. The van der Waals surface area contributed by atoms with Gasteiger partial charge in [0.1, 0.15) is 6.61 Å². The summed E-state index contributed by atoms with van der Waals surface area (Å²) in [7, 11) is -5.49. The van der Waals surface area contributed by atoms with Gasteiger partial charge >= 0.3 is 15.5 Å². The number of carbonyl (C=O) groups excluding carboxylic acids is 1. The quantitative estimate of drug-likeness (QED) is 0.571. The van der Waals surface area contributed by atoms with Crippen LogP contribution in [0.5, 0.6) is 5.88 Å². The fourth-order valence-corrected chi connectivity index (χ4v) is 4.01. The number of carbonyl (C=O) groups is 1. The Bertz CT molecular complexity index is 1030. The van der Waals surface area contributed by atoms with Crippen molar-refractivity contribution >= 4 is 27.3 Å². The zero-order valence-corrected chi connectivity index (χ0v) is 18.9. The van der Waals surface area contributed by atoms with E-state index in [0.29, 0.717) is 5.56 Å². The maximum absolute atomic E-state index is 12.7. The van der Waals surface area contributed by atoms with Gasteiger partial charge < -0.3 is 10.1 Å². The van der Waals surface area contributed by atoms with Crippen molar-refractivity contribution in [1.29, 1.82) is 0 Å². The molecule has 2 rings (SSSR count). The average Bonchev–Trinajstić information content (AvgIpc) is 3.15. The van der Waals surface area contributed by atoms with Crippen LogP contribution in [0, 0.1) is 6.92 Å². The first kappa shape index (κ1) is 25.0. The molecular weight excluding hydrogens is 457 g/mol. The van der Waals surface area contributed by atoms with Crippen molar-refractivity contribution in [2.24, 2.45) is 0 Å². The van der Waals surface area contributed by atoms with Crippen molar-refractivity contribution < 1.29 is 31.1 Å². The van der Waals surface area contributed by atoms with E-state index in [4.69, 9.17) is 4.74 Å². The standard InChI is InChI=1S/C18H23F3N4O4S2/c1-5-16-24-14(9-30-16)12(4)23-17(26)13-6-15(22-7-10(13)2)29-8-11(3)25-31(27,28)18(19,20)21/h6-7,9,11-12,25H,5,8H2,1-4H3,(H,23,26)/t11-,12?/m0/s1. The Balaban J connectivity index is 2.03. The molecule has 2 N–H and O–H groups in total. The topological polar surface area (TPSA) is 110 Å². The molecule has 0 aliphatic rings. The van der Waals surface area contributed by atoms with E-state index in [1.54, 1.807) is 13.8 Å². The van der Waals surface area contributed by atoms with Gasteiger partial charge in [-0.1, -0.05) is 6.92 Å². The fourth-order valence-electron chi connectivity index (χ4n) is 2.44. The molecular formula is C18H23F3N4O4S2. The maximum Gasteiger partial charge on any atom is 0.511 e. The number of aromatic nitrogens is 2. The molecule has 0 saturated heterocycles. The Labute approximate surface area is 182 Å².